The molecule has 46 heavy (non-hydrogen) atoms. The van der Waals surface area contributed by atoms with Crippen molar-refractivity contribution in [2.45, 2.75) is 35.1 Å². The van der Waals surface area contributed by atoms with Crippen molar-refractivity contribution in [2.24, 2.45) is 5.92 Å². The zero-order valence-corrected chi connectivity index (χ0v) is 24.5. The lowest BCUT2D eigenvalue weighted by Crippen LogP contribution is -2.33. The van der Waals surface area contributed by atoms with E-state index in [0.717, 1.165) is 58.8 Å². The smallest absolute Gasteiger partial charge is 0.324 e. The van der Waals surface area contributed by atoms with E-state index in [0.29, 0.717) is 27.9 Å². The lowest BCUT2D eigenvalue weighted by atomic mass is 9.83. The Morgan fingerprint density at radius 1 is 0.848 bits per heavy atom. The van der Waals surface area contributed by atoms with Gasteiger partial charge in [0.05, 0.1) is 33.4 Å². The third kappa shape index (κ3) is 5.59. The van der Waals surface area contributed by atoms with E-state index in [9.17, 15) is 49.9 Å². The molecule has 1 N–H and O–H groups in total. The molecule has 16 heteroatoms. The van der Waals surface area contributed by atoms with E-state index in [1.807, 2.05) is 0 Å². The first kappa shape index (κ1) is 31.5. The van der Waals surface area contributed by atoms with Gasteiger partial charge in [-0.2, -0.15) is 26.3 Å². The van der Waals surface area contributed by atoms with E-state index >= 15 is 0 Å². The standard InChI is InChI=1S/C30H18F7N3O4S2/c31-16-10-8-14(9-11-16)21-22-23(26(43)40(25(22)42)17-5-3-4-15(12-17)29(32,33)34)45-27-24(21)46-28(44)39(27)13-20(41)38-19-7-2-1-6-18(19)30(35,36)37/h1-12,21-23H,13H2,(H,38,41)/t21-,22?,23?/m1/s1. The molecule has 0 bridgehead atoms. The van der Waals surface area contributed by atoms with Gasteiger partial charge >= 0.3 is 17.2 Å². The number of imide groups is 1. The summed E-state index contributed by atoms with van der Waals surface area (Å²) in [4.78, 5) is 54.0. The van der Waals surface area contributed by atoms with Crippen molar-refractivity contribution in [3.63, 3.8) is 0 Å². The minimum absolute atomic E-state index is 0.0804. The number of thiazole rings is 1. The summed E-state index contributed by atoms with van der Waals surface area (Å²) in [6, 6.07) is 12.8. The van der Waals surface area contributed by atoms with Gasteiger partial charge in [-0.15, -0.1) is 0 Å². The summed E-state index contributed by atoms with van der Waals surface area (Å²) in [6.45, 7) is -0.753. The number of para-hydroxylation sites is 1. The van der Waals surface area contributed by atoms with Crippen molar-refractivity contribution < 1.29 is 45.1 Å². The minimum Gasteiger partial charge on any atom is -0.324 e. The van der Waals surface area contributed by atoms with Crippen LogP contribution in [0.5, 0.6) is 0 Å². The highest BCUT2D eigenvalue weighted by molar-refractivity contribution is 8.00. The zero-order valence-electron chi connectivity index (χ0n) is 22.9. The third-order valence-electron chi connectivity index (χ3n) is 7.52. The molecule has 0 spiro atoms. The van der Waals surface area contributed by atoms with Crippen LogP contribution in [0.3, 0.4) is 0 Å². The third-order valence-corrected chi connectivity index (χ3v) is 10.1. The monoisotopic (exact) mass is 681 g/mol. The average Bonchev–Trinajstić information content (AvgIpc) is 3.43. The summed E-state index contributed by atoms with van der Waals surface area (Å²) in [5.74, 6) is -5.57. The van der Waals surface area contributed by atoms with Crippen molar-refractivity contribution in [3.8, 4) is 0 Å². The summed E-state index contributed by atoms with van der Waals surface area (Å²) in [5.41, 5.74) is -2.74. The zero-order chi connectivity index (χ0) is 33.1. The van der Waals surface area contributed by atoms with Crippen LogP contribution in [0.15, 0.2) is 82.6 Å². The van der Waals surface area contributed by atoms with Gasteiger partial charge in [-0.3, -0.25) is 23.7 Å². The molecule has 3 amide bonds. The van der Waals surface area contributed by atoms with Crippen LogP contribution in [-0.4, -0.2) is 27.5 Å². The molecule has 2 unspecified atom stereocenters. The SMILES string of the molecule is O=C(Cn1c2c(sc1=O)[C@H](c1ccc(F)cc1)C1C(=O)N(c3cccc(C(F)(F)F)c3)C(=O)C1S2)Nc1ccccc1C(F)(F)F. The summed E-state index contributed by atoms with van der Waals surface area (Å²) in [7, 11) is 0. The van der Waals surface area contributed by atoms with Crippen LogP contribution in [0, 0.1) is 11.7 Å². The molecule has 4 aromatic rings. The largest absolute Gasteiger partial charge is 0.418 e. The molecular weight excluding hydrogens is 663 g/mol. The number of halogens is 7. The Hall–Kier alpha value is -4.44. The Kier molecular flexibility index (Phi) is 7.83. The fourth-order valence-electron chi connectivity index (χ4n) is 5.53. The molecule has 7 nitrogen and oxygen atoms in total. The van der Waals surface area contributed by atoms with Crippen molar-refractivity contribution in [1.29, 1.82) is 0 Å². The second-order valence-electron chi connectivity index (χ2n) is 10.4. The predicted octanol–water partition coefficient (Wildman–Crippen LogP) is 6.52. The number of anilines is 2. The first-order valence-electron chi connectivity index (χ1n) is 13.3. The number of benzene rings is 3. The van der Waals surface area contributed by atoms with Crippen LogP contribution in [0.25, 0.3) is 0 Å². The maximum Gasteiger partial charge on any atom is 0.418 e. The molecule has 0 saturated carbocycles. The van der Waals surface area contributed by atoms with Gasteiger partial charge in [-0.1, -0.05) is 53.4 Å². The molecular formula is C30H18F7N3O4S2. The van der Waals surface area contributed by atoms with Gasteiger partial charge in [-0.05, 0) is 48.0 Å². The number of thioether (sulfide) groups is 1. The van der Waals surface area contributed by atoms with E-state index in [-0.39, 0.29) is 15.6 Å². The highest BCUT2D eigenvalue weighted by atomic mass is 32.2. The average molecular weight is 682 g/mol. The first-order valence-corrected chi connectivity index (χ1v) is 15.0. The second-order valence-corrected chi connectivity index (χ2v) is 12.5. The molecule has 6 rings (SSSR count). The Balaban J connectivity index is 1.40. The van der Waals surface area contributed by atoms with Crippen molar-refractivity contribution in [1.82, 2.24) is 4.57 Å². The van der Waals surface area contributed by atoms with Crippen LogP contribution in [0.4, 0.5) is 42.1 Å². The van der Waals surface area contributed by atoms with Crippen molar-refractivity contribution >= 4 is 52.2 Å². The Labute approximate surface area is 262 Å². The number of fused-ring (bicyclic) bond motifs is 2. The highest BCUT2D eigenvalue weighted by Gasteiger charge is 2.57. The van der Waals surface area contributed by atoms with E-state index < -0.39 is 81.2 Å². The van der Waals surface area contributed by atoms with Crippen molar-refractivity contribution in [2.75, 3.05) is 10.2 Å². The highest BCUT2D eigenvalue weighted by Crippen LogP contribution is 2.54. The first-order chi connectivity index (χ1) is 21.6. The Morgan fingerprint density at radius 2 is 1.54 bits per heavy atom. The molecule has 2 aliphatic rings. The lowest BCUT2D eigenvalue weighted by molar-refractivity contribution is -0.138. The molecule has 3 aromatic carbocycles. The normalized spacial score (nSPS) is 19.6. The molecule has 3 atom stereocenters. The van der Waals surface area contributed by atoms with Crippen LogP contribution < -0.4 is 15.1 Å². The topological polar surface area (TPSA) is 88.5 Å². The van der Waals surface area contributed by atoms with E-state index in [4.69, 9.17) is 0 Å². The van der Waals surface area contributed by atoms with E-state index in [1.54, 1.807) is 0 Å². The van der Waals surface area contributed by atoms with Gasteiger partial charge in [0.15, 0.2) is 0 Å². The second kappa shape index (κ2) is 11.4. The fourth-order valence-corrected chi connectivity index (χ4v) is 8.31. The van der Waals surface area contributed by atoms with Gasteiger partial charge in [0, 0.05) is 10.8 Å². The maximum absolute atomic E-state index is 13.9. The number of hydrogen-bond acceptors (Lipinski definition) is 6. The van der Waals surface area contributed by atoms with Gasteiger partial charge in [0.25, 0.3) is 0 Å². The quantitative estimate of drug-likeness (QED) is 0.192. The van der Waals surface area contributed by atoms with Gasteiger partial charge < -0.3 is 5.32 Å². The molecule has 1 fully saturated rings. The van der Waals surface area contributed by atoms with E-state index in [2.05, 4.69) is 5.32 Å². The van der Waals surface area contributed by atoms with Gasteiger partial charge in [-0.25, -0.2) is 9.29 Å². The van der Waals surface area contributed by atoms with Gasteiger partial charge in [0.1, 0.15) is 17.6 Å². The lowest BCUT2D eigenvalue weighted by Gasteiger charge is -2.30. The van der Waals surface area contributed by atoms with Gasteiger partial charge in [0.2, 0.25) is 17.7 Å². The maximum atomic E-state index is 13.9. The number of amides is 3. The molecule has 0 radical (unpaired) electrons. The number of carbonyl (C=O) groups is 3. The van der Waals surface area contributed by atoms with Crippen LogP contribution in [-0.2, 0) is 33.3 Å². The number of hydrogen-bond donors (Lipinski definition) is 1. The molecule has 238 valence electrons. The number of aromatic nitrogens is 1. The summed E-state index contributed by atoms with van der Waals surface area (Å²) in [6.07, 6.45) is -9.54. The molecule has 0 aliphatic carbocycles. The number of nitrogens with zero attached hydrogens (tertiary/aromatic N) is 2. The molecule has 3 heterocycles. The predicted molar refractivity (Wildman–Crippen MR) is 154 cm³/mol. The molecule has 1 aromatic heterocycles. The number of rotatable bonds is 5. The fraction of sp³-hybridized carbons (Fsp3) is 0.200. The van der Waals surface area contributed by atoms with Crippen LogP contribution in [0.2, 0.25) is 0 Å². The van der Waals surface area contributed by atoms with Crippen LogP contribution in [0.1, 0.15) is 27.5 Å². The summed E-state index contributed by atoms with van der Waals surface area (Å²) >= 11 is 1.39. The van der Waals surface area contributed by atoms with Crippen molar-refractivity contribution in [3.05, 3.63) is 110 Å². The van der Waals surface area contributed by atoms with E-state index in [1.165, 1.54) is 24.3 Å². The number of nitrogens with one attached hydrogen (secondary N) is 1. The number of alkyl halides is 6. The molecule has 1 saturated heterocycles. The Bertz CT molecular complexity index is 1940. The minimum atomic E-state index is -4.78. The number of carbonyl (C=O) groups excluding carboxylic acids is 3. The molecule has 2 aliphatic heterocycles. The summed E-state index contributed by atoms with van der Waals surface area (Å²) in [5, 5.41) is 0.976. The summed E-state index contributed by atoms with van der Waals surface area (Å²) < 4.78 is 95.6. The Morgan fingerprint density at radius 3 is 2.22 bits per heavy atom. The van der Waals surface area contributed by atoms with Crippen LogP contribution >= 0.6 is 23.1 Å².